The van der Waals surface area contributed by atoms with Crippen LogP contribution in [0.4, 0.5) is 5.69 Å². The second kappa shape index (κ2) is 9.76. The van der Waals surface area contributed by atoms with Gasteiger partial charge in [-0.3, -0.25) is 19.3 Å². The van der Waals surface area contributed by atoms with E-state index in [1.165, 1.54) is 18.9 Å². The molecule has 8 heteroatoms. The van der Waals surface area contributed by atoms with E-state index >= 15 is 0 Å². The number of carbonyl (C=O) groups excluding carboxylic acids is 3. The number of methoxy groups -OCH3 is 1. The zero-order chi connectivity index (χ0) is 25.3. The fourth-order valence-electron chi connectivity index (χ4n) is 4.04. The Balaban J connectivity index is 1.95. The van der Waals surface area contributed by atoms with E-state index in [4.69, 9.17) is 9.47 Å². The minimum absolute atomic E-state index is 0.0699. The monoisotopic (exact) mass is 535 g/mol. The molecule has 178 valence electrons. The van der Waals surface area contributed by atoms with Crippen LogP contribution in [0.2, 0.25) is 0 Å². The summed E-state index contributed by atoms with van der Waals surface area (Å²) in [6, 6.07) is 17.5. The molecule has 1 amide bonds. The molecule has 0 saturated carbocycles. The number of esters is 1. The lowest BCUT2D eigenvalue weighted by atomic mass is 9.94. The number of hydrogen-bond donors (Lipinski definition) is 1. The largest absolute Gasteiger partial charge is 0.507 e. The van der Waals surface area contributed by atoms with Crippen LogP contribution in [0.25, 0.3) is 5.76 Å². The molecule has 1 aliphatic heterocycles. The quantitative estimate of drug-likeness (QED) is 0.156. The van der Waals surface area contributed by atoms with Gasteiger partial charge in [0, 0.05) is 28.7 Å². The molecule has 0 aliphatic carbocycles. The number of ether oxygens (including phenoxy) is 2. The number of aliphatic hydroxyl groups excluding tert-OH is 1. The highest BCUT2D eigenvalue weighted by Gasteiger charge is 2.47. The number of benzene rings is 3. The number of hydrogen-bond acceptors (Lipinski definition) is 6. The van der Waals surface area contributed by atoms with E-state index in [0.717, 1.165) is 10.0 Å². The van der Waals surface area contributed by atoms with Gasteiger partial charge in [-0.1, -0.05) is 40.2 Å². The Morgan fingerprint density at radius 3 is 2.40 bits per heavy atom. The van der Waals surface area contributed by atoms with Crippen LogP contribution in [-0.2, 0) is 14.4 Å². The number of Topliss-reactive ketones (excluding diaryl/α,β-unsaturated/α-hetero) is 1. The molecule has 0 bridgehead atoms. The summed E-state index contributed by atoms with van der Waals surface area (Å²) in [5.74, 6) is -1.67. The van der Waals surface area contributed by atoms with Gasteiger partial charge in [0.05, 0.1) is 18.7 Å². The minimum atomic E-state index is -0.971. The van der Waals surface area contributed by atoms with Crippen LogP contribution in [0.15, 0.2) is 76.8 Å². The molecule has 1 unspecified atom stereocenters. The molecule has 1 atom stereocenters. The molecule has 3 aromatic rings. The second-order valence-corrected chi connectivity index (χ2v) is 8.86. The lowest BCUT2D eigenvalue weighted by molar-refractivity contribution is -0.132. The Hall–Kier alpha value is -3.91. The maximum absolute atomic E-state index is 13.3. The zero-order valence-electron chi connectivity index (χ0n) is 19.2. The molecule has 35 heavy (non-hydrogen) atoms. The molecule has 0 aromatic heterocycles. The van der Waals surface area contributed by atoms with Gasteiger partial charge in [0.15, 0.2) is 0 Å². The van der Waals surface area contributed by atoms with Gasteiger partial charge in [0.25, 0.3) is 11.7 Å². The molecule has 0 radical (unpaired) electrons. The number of rotatable bonds is 5. The van der Waals surface area contributed by atoms with Gasteiger partial charge in [-0.25, -0.2) is 0 Å². The van der Waals surface area contributed by atoms with E-state index in [9.17, 15) is 19.5 Å². The van der Waals surface area contributed by atoms with Crippen LogP contribution in [0.3, 0.4) is 0 Å². The van der Waals surface area contributed by atoms with Crippen molar-refractivity contribution in [1.82, 2.24) is 0 Å². The van der Waals surface area contributed by atoms with Crippen molar-refractivity contribution in [3.8, 4) is 11.5 Å². The summed E-state index contributed by atoms with van der Waals surface area (Å²) in [6.07, 6.45) is 0. The molecule has 4 rings (SSSR count). The SMILES string of the molecule is COc1cccc(N2C(=O)C(=O)/C(=C(/O)c3ccc(Br)c(C)c3)C2c2cccc(OC(C)=O)c2)c1. The average Bonchev–Trinajstić information content (AvgIpc) is 3.10. The van der Waals surface area contributed by atoms with Crippen LogP contribution in [0.5, 0.6) is 11.5 Å². The Labute approximate surface area is 210 Å². The molecule has 0 spiro atoms. The van der Waals surface area contributed by atoms with Crippen molar-refractivity contribution in [2.45, 2.75) is 19.9 Å². The Kier molecular flexibility index (Phi) is 6.75. The molecule has 1 aliphatic rings. The first-order chi connectivity index (χ1) is 16.7. The van der Waals surface area contributed by atoms with Gasteiger partial charge < -0.3 is 14.6 Å². The van der Waals surface area contributed by atoms with Crippen LogP contribution in [-0.4, -0.2) is 29.9 Å². The highest BCUT2D eigenvalue weighted by Crippen LogP contribution is 2.43. The molecular formula is C27H22BrNO6. The minimum Gasteiger partial charge on any atom is -0.507 e. The predicted octanol–water partition coefficient (Wildman–Crippen LogP) is 5.32. The van der Waals surface area contributed by atoms with E-state index in [1.807, 2.05) is 6.92 Å². The van der Waals surface area contributed by atoms with Crippen molar-refractivity contribution in [2.24, 2.45) is 0 Å². The summed E-state index contributed by atoms with van der Waals surface area (Å²) in [4.78, 5) is 39.5. The highest BCUT2D eigenvalue weighted by molar-refractivity contribution is 9.10. The summed E-state index contributed by atoms with van der Waals surface area (Å²) in [5, 5.41) is 11.3. The number of ketones is 1. The molecule has 1 fully saturated rings. The topological polar surface area (TPSA) is 93.1 Å². The van der Waals surface area contributed by atoms with Crippen molar-refractivity contribution >= 4 is 45.0 Å². The summed E-state index contributed by atoms with van der Waals surface area (Å²) < 4.78 is 11.4. The second-order valence-electron chi connectivity index (χ2n) is 8.00. The van der Waals surface area contributed by atoms with Crippen LogP contribution >= 0.6 is 15.9 Å². The van der Waals surface area contributed by atoms with Crippen molar-refractivity contribution in [3.63, 3.8) is 0 Å². The lowest BCUT2D eigenvalue weighted by Crippen LogP contribution is -2.29. The van der Waals surface area contributed by atoms with Gasteiger partial charge in [0.1, 0.15) is 17.3 Å². The fraction of sp³-hybridized carbons (Fsp3) is 0.148. The van der Waals surface area contributed by atoms with Crippen molar-refractivity contribution in [2.75, 3.05) is 12.0 Å². The Morgan fingerprint density at radius 1 is 1.00 bits per heavy atom. The maximum atomic E-state index is 13.3. The van der Waals surface area contributed by atoms with Crippen LogP contribution in [0.1, 0.15) is 29.7 Å². The van der Waals surface area contributed by atoms with Crippen LogP contribution in [0, 0.1) is 6.92 Å². The standard InChI is InChI=1S/C27H22BrNO6/c1-15-12-18(10-11-22(15)28)25(31)23-24(17-6-4-9-21(13-17)35-16(2)30)29(27(33)26(23)32)19-7-5-8-20(14-19)34-3/h4-14,24,31H,1-3H3/b25-23+. The molecule has 1 N–H and O–H groups in total. The van der Waals surface area contributed by atoms with E-state index in [2.05, 4.69) is 15.9 Å². The molecule has 1 saturated heterocycles. The van der Waals surface area contributed by atoms with E-state index in [1.54, 1.807) is 66.7 Å². The zero-order valence-corrected chi connectivity index (χ0v) is 20.8. The van der Waals surface area contributed by atoms with E-state index < -0.39 is 23.7 Å². The maximum Gasteiger partial charge on any atom is 0.308 e. The van der Waals surface area contributed by atoms with Crippen molar-refractivity contribution < 1.29 is 29.0 Å². The third kappa shape index (κ3) is 4.70. The normalized spacial score (nSPS) is 16.9. The first-order valence-electron chi connectivity index (χ1n) is 10.7. The Morgan fingerprint density at radius 2 is 1.71 bits per heavy atom. The summed E-state index contributed by atoms with van der Waals surface area (Å²) in [6.45, 7) is 3.14. The van der Waals surface area contributed by atoms with E-state index in [-0.39, 0.29) is 17.1 Å². The Bertz CT molecular complexity index is 1380. The number of amides is 1. The van der Waals surface area contributed by atoms with Crippen LogP contribution < -0.4 is 14.4 Å². The first-order valence-corrected chi connectivity index (χ1v) is 11.5. The van der Waals surface area contributed by atoms with Gasteiger partial charge in [0.2, 0.25) is 0 Å². The smallest absolute Gasteiger partial charge is 0.308 e. The lowest BCUT2D eigenvalue weighted by Gasteiger charge is -2.26. The van der Waals surface area contributed by atoms with Gasteiger partial charge in [-0.2, -0.15) is 0 Å². The predicted molar refractivity (Wildman–Crippen MR) is 134 cm³/mol. The average molecular weight is 536 g/mol. The third-order valence-electron chi connectivity index (χ3n) is 5.64. The summed E-state index contributed by atoms with van der Waals surface area (Å²) in [5.41, 5.74) is 2.08. The fourth-order valence-corrected chi connectivity index (χ4v) is 4.28. The molecule has 7 nitrogen and oxygen atoms in total. The molecule has 1 heterocycles. The van der Waals surface area contributed by atoms with E-state index in [0.29, 0.717) is 22.6 Å². The van der Waals surface area contributed by atoms with Crippen molar-refractivity contribution in [3.05, 3.63) is 93.5 Å². The number of carbonyl (C=O) groups is 3. The number of aliphatic hydroxyl groups is 1. The number of nitrogens with zero attached hydrogens (tertiary/aromatic N) is 1. The molecule has 3 aromatic carbocycles. The summed E-state index contributed by atoms with van der Waals surface area (Å²) in [7, 11) is 1.50. The number of halogens is 1. The number of anilines is 1. The third-order valence-corrected chi connectivity index (χ3v) is 6.53. The molecular weight excluding hydrogens is 514 g/mol. The van der Waals surface area contributed by atoms with Gasteiger partial charge in [-0.05, 0) is 54.4 Å². The number of aryl methyl sites for hydroxylation is 1. The van der Waals surface area contributed by atoms with Gasteiger partial charge >= 0.3 is 5.97 Å². The summed E-state index contributed by atoms with van der Waals surface area (Å²) >= 11 is 3.43. The highest BCUT2D eigenvalue weighted by atomic mass is 79.9. The first kappa shape index (κ1) is 24.2. The van der Waals surface area contributed by atoms with Crippen molar-refractivity contribution in [1.29, 1.82) is 0 Å². The van der Waals surface area contributed by atoms with Gasteiger partial charge in [-0.15, -0.1) is 0 Å².